The fourth-order valence-corrected chi connectivity index (χ4v) is 1.88. The van der Waals surface area contributed by atoms with Crippen LogP contribution in [0.2, 0.25) is 0 Å². The van der Waals surface area contributed by atoms with Gasteiger partial charge in [0, 0.05) is 5.39 Å². The first-order valence-electron chi connectivity index (χ1n) is 4.55. The molecular formula is C12H8K2O3. The summed E-state index contributed by atoms with van der Waals surface area (Å²) in [5, 5.41) is 1.58. The van der Waals surface area contributed by atoms with Crippen molar-refractivity contribution in [2.75, 3.05) is 0 Å². The predicted octanol–water partition coefficient (Wildman–Crippen LogP) is 0.853. The van der Waals surface area contributed by atoms with E-state index in [9.17, 15) is 9.59 Å². The molecular weight excluding hydrogens is 270 g/mol. The number of ether oxygens (including phenoxy) is 1. The normalized spacial score (nSPS) is 12.5. The molecule has 0 amide bonds. The molecule has 0 fully saturated rings. The molecule has 0 spiro atoms. The van der Waals surface area contributed by atoms with Gasteiger partial charge in [-0.25, -0.2) is 9.59 Å². The van der Waals surface area contributed by atoms with Crippen LogP contribution in [0, 0.1) is 0 Å². The summed E-state index contributed by atoms with van der Waals surface area (Å²) in [4.78, 5) is 22.9. The molecule has 0 aromatic heterocycles. The van der Waals surface area contributed by atoms with Gasteiger partial charge in [-0.1, -0.05) is 24.3 Å². The molecule has 1 heterocycles. The van der Waals surface area contributed by atoms with Crippen molar-refractivity contribution in [2.45, 2.75) is 0 Å². The van der Waals surface area contributed by atoms with E-state index in [1.807, 2.05) is 12.1 Å². The van der Waals surface area contributed by atoms with Crippen molar-refractivity contribution < 1.29 is 14.3 Å². The number of benzene rings is 2. The van der Waals surface area contributed by atoms with E-state index in [1.165, 1.54) is 0 Å². The van der Waals surface area contributed by atoms with Gasteiger partial charge in [-0.3, -0.25) is 0 Å². The second-order valence-corrected chi connectivity index (χ2v) is 3.39. The van der Waals surface area contributed by atoms with Crippen LogP contribution in [-0.2, 0) is 4.74 Å². The molecule has 0 saturated carbocycles. The van der Waals surface area contributed by atoms with E-state index < -0.39 is 11.9 Å². The zero-order chi connectivity index (χ0) is 10.4. The molecule has 2 aromatic carbocycles. The van der Waals surface area contributed by atoms with Crippen LogP contribution in [0.3, 0.4) is 0 Å². The van der Waals surface area contributed by atoms with Crippen molar-refractivity contribution in [3.8, 4) is 0 Å². The molecule has 0 unspecified atom stereocenters. The van der Waals surface area contributed by atoms with Crippen LogP contribution in [0.15, 0.2) is 36.4 Å². The average Bonchev–Trinajstić information content (AvgIpc) is 2.25. The van der Waals surface area contributed by atoms with Crippen molar-refractivity contribution in [1.29, 1.82) is 0 Å². The molecule has 0 aliphatic carbocycles. The molecule has 76 valence electrons. The van der Waals surface area contributed by atoms with E-state index in [4.69, 9.17) is 0 Å². The fraction of sp³-hybridized carbons (Fsp3) is 0. The summed E-state index contributed by atoms with van der Waals surface area (Å²) in [6.07, 6.45) is 0. The predicted molar refractivity (Wildman–Crippen MR) is 68.0 cm³/mol. The van der Waals surface area contributed by atoms with Crippen LogP contribution >= 0.6 is 0 Å². The van der Waals surface area contributed by atoms with Gasteiger partial charge in [-0.2, -0.15) is 0 Å². The standard InChI is InChI=1S/C12H6O3.2K.2H/c13-11-8-5-1-3-7-4-2-6-9(10(7)8)12(14)15-11;;;;/h1-6H;;;;. The Morgan fingerprint density at radius 2 is 1.24 bits per heavy atom. The molecule has 5 heteroatoms. The van der Waals surface area contributed by atoms with Gasteiger partial charge in [-0.05, 0) is 17.5 Å². The maximum absolute atomic E-state index is 11.4. The summed E-state index contributed by atoms with van der Waals surface area (Å²) in [6.45, 7) is 0. The molecule has 3 rings (SSSR count). The minimum atomic E-state index is -0.565. The number of esters is 2. The van der Waals surface area contributed by atoms with Crippen molar-refractivity contribution in [1.82, 2.24) is 0 Å². The number of hydrogen-bond donors (Lipinski definition) is 0. The van der Waals surface area contributed by atoms with Crippen LogP contribution < -0.4 is 0 Å². The Morgan fingerprint density at radius 1 is 0.765 bits per heavy atom. The fourth-order valence-electron chi connectivity index (χ4n) is 1.88. The van der Waals surface area contributed by atoms with Crippen molar-refractivity contribution in [2.24, 2.45) is 0 Å². The van der Waals surface area contributed by atoms with Crippen LogP contribution in [0.25, 0.3) is 10.8 Å². The number of carbonyl (C=O) groups is 2. The van der Waals surface area contributed by atoms with Crippen molar-refractivity contribution in [3.05, 3.63) is 47.5 Å². The first kappa shape index (κ1) is 16.2. The third-order valence-corrected chi connectivity index (χ3v) is 2.53. The Bertz CT molecular complexity index is 559. The SMILES string of the molecule is O=C1OC(=O)c2cccc3cccc1c23.[KH].[KH]. The molecule has 1 aliphatic heterocycles. The van der Waals surface area contributed by atoms with E-state index in [0.29, 0.717) is 16.5 Å². The summed E-state index contributed by atoms with van der Waals surface area (Å²) >= 11 is 0. The Kier molecular flexibility index (Phi) is 6.20. The van der Waals surface area contributed by atoms with Crippen molar-refractivity contribution in [3.63, 3.8) is 0 Å². The monoisotopic (exact) mass is 278 g/mol. The minimum absolute atomic E-state index is 0. The van der Waals surface area contributed by atoms with Gasteiger partial charge in [-0.15, -0.1) is 0 Å². The number of cyclic esters (lactones) is 2. The molecule has 0 N–H and O–H groups in total. The topological polar surface area (TPSA) is 43.4 Å². The third-order valence-electron chi connectivity index (χ3n) is 2.53. The van der Waals surface area contributed by atoms with Gasteiger partial charge in [0.2, 0.25) is 0 Å². The van der Waals surface area contributed by atoms with Crippen LogP contribution in [0.1, 0.15) is 20.7 Å². The summed E-state index contributed by atoms with van der Waals surface area (Å²) < 4.78 is 4.63. The molecule has 1 aliphatic rings. The zero-order valence-electron chi connectivity index (χ0n) is 7.69. The van der Waals surface area contributed by atoms with Gasteiger partial charge in [0.05, 0.1) is 11.1 Å². The molecule has 0 saturated heterocycles. The number of hydrogen-bond acceptors (Lipinski definition) is 3. The van der Waals surface area contributed by atoms with E-state index in [0.717, 1.165) is 5.39 Å². The van der Waals surface area contributed by atoms with Gasteiger partial charge >= 0.3 is 115 Å². The average molecular weight is 278 g/mol. The number of carbonyl (C=O) groups excluding carboxylic acids is 2. The quantitative estimate of drug-likeness (QED) is 0.408. The zero-order valence-corrected chi connectivity index (χ0v) is 7.69. The van der Waals surface area contributed by atoms with E-state index in [-0.39, 0.29) is 103 Å². The van der Waals surface area contributed by atoms with Crippen LogP contribution in [0.5, 0.6) is 0 Å². The second-order valence-electron chi connectivity index (χ2n) is 3.39. The molecule has 0 bridgehead atoms. The molecule has 0 radical (unpaired) electrons. The van der Waals surface area contributed by atoms with Crippen LogP contribution in [0.4, 0.5) is 0 Å². The summed E-state index contributed by atoms with van der Waals surface area (Å²) in [7, 11) is 0. The molecule has 17 heavy (non-hydrogen) atoms. The Hall–Kier alpha value is 1.11. The molecule has 2 aromatic rings. The first-order valence-corrected chi connectivity index (χ1v) is 4.55. The van der Waals surface area contributed by atoms with E-state index in [1.54, 1.807) is 24.3 Å². The first-order chi connectivity index (χ1) is 7.27. The molecule has 0 atom stereocenters. The van der Waals surface area contributed by atoms with Gasteiger partial charge in [0.25, 0.3) is 0 Å². The van der Waals surface area contributed by atoms with Crippen molar-refractivity contribution >= 4 is 125 Å². The Balaban J connectivity index is 0.000000722. The Morgan fingerprint density at radius 3 is 1.71 bits per heavy atom. The molecule has 3 nitrogen and oxygen atoms in total. The van der Waals surface area contributed by atoms with Gasteiger partial charge in [0.1, 0.15) is 0 Å². The maximum atomic E-state index is 11.4. The van der Waals surface area contributed by atoms with E-state index in [2.05, 4.69) is 4.74 Å². The third kappa shape index (κ3) is 2.84. The van der Waals surface area contributed by atoms with Gasteiger partial charge in [0.15, 0.2) is 0 Å². The summed E-state index contributed by atoms with van der Waals surface area (Å²) in [5.74, 6) is -1.13. The summed E-state index contributed by atoms with van der Waals surface area (Å²) in [5.41, 5.74) is 0.922. The van der Waals surface area contributed by atoms with Gasteiger partial charge < -0.3 is 4.74 Å². The number of rotatable bonds is 0. The van der Waals surface area contributed by atoms with Crippen LogP contribution in [-0.4, -0.2) is 115 Å². The Labute approximate surface area is 183 Å². The second kappa shape index (κ2) is 6.52. The van der Waals surface area contributed by atoms with E-state index >= 15 is 0 Å². The summed E-state index contributed by atoms with van der Waals surface area (Å²) in [6, 6.07) is 10.6.